The fourth-order valence-electron chi connectivity index (χ4n) is 1.68. The quantitative estimate of drug-likeness (QED) is 0.453. The summed E-state index contributed by atoms with van der Waals surface area (Å²) in [5.41, 5.74) is 0. The molecule has 0 saturated heterocycles. The van der Waals surface area contributed by atoms with E-state index >= 15 is 0 Å². The number of benzene rings is 1. The Morgan fingerprint density at radius 3 is 2.76 bits per heavy atom. The van der Waals surface area contributed by atoms with Crippen molar-refractivity contribution in [2.45, 2.75) is 12.5 Å². The molecule has 0 aromatic heterocycles. The molecule has 0 bridgehead atoms. The van der Waals surface area contributed by atoms with Crippen LogP contribution in [0.25, 0.3) is 0 Å². The number of ether oxygens (including phenoxy) is 3. The zero-order valence-corrected chi connectivity index (χ0v) is 12.6. The van der Waals surface area contributed by atoms with E-state index in [-0.39, 0.29) is 0 Å². The molecule has 0 aliphatic carbocycles. The first-order valence-electron chi connectivity index (χ1n) is 7.11. The molecule has 2 N–H and O–H groups in total. The Morgan fingerprint density at radius 1 is 1.29 bits per heavy atom. The molecule has 5 nitrogen and oxygen atoms in total. The number of para-hydroxylation sites is 2. The maximum absolute atomic E-state index is 9.67. The van der Waals surface area contributed by atoms with Crippen LogP contribution in [-0.4, -0.2) is 51.2 Å². The molecule has 1 rings (SSSR count). The normalized spacial score (nSPS) is 11.9. The Morgan fingerprint density at radius 2 is 2.05 bits per heavy atom. The highest BCUT2D eigenvalue weighted by Gasteiger charge is 2.04. The minimum atomic E-state index is -0.513. The van der Waals surface area contributed by atoms with Crippen LogP contribution in [0.3, 0.4) is 0 Å². The third-order valence-electron chi connectivity index (χ3n) is 2.76. The van der Waals surface area contributed by atoms with Crippen molar-refractivity contribution in [3.8, 4) is 11.5 Å². The second-order valence-corrected chi connectivity index (χ2v) is 4.51. The molecule has 0 aliphatic heterocycles. The van der Waals surface area contributed by atoms with Crippen molar-refractivity contribution in [1.82, 2.24) is 5.32 Å². The molecule has 0 aliphatic rings. The van der Waals surface area contributed by atoms with E-state index < -0.39 is 6.10 Å². The van der Waals surface area contributed by atoms with Gasteiger partial charge in [0.1, 0.15) is 6.61 Å². The third kappa shape index (κ3) is 7.70. The lowest BCUT2D eigenvalue weighted by Crippen LogP contribution is -2.33. The third-order valence-corrected chi connectivity index (χ3v) is 2.76. The highest BCUT2D eigenvalue weighted by Crippen LogP contribution is 2.25. The number of aliphatic hydroxyl groups excluding tert-OH is 1. The lowest BCUT2D eigenvalue weighted by molar-refractivity contribution is 0.0387. The van der Waals surface area contributed by atoms with Gasteiger partial charge < -0.3 is 24.6 Å². The van der Waals surface area contributed by atoms with Gasteiger partial charge in [-0.2, -0.15) is 0 Å². The van der Waals surface area contributed by atoms with E-state index in [1.807, 2.05) is 24.3 Å². The van der Waals surface area contributed by atoms with E-state index in [9.17, 15) is 5.11 Å². The summed E-state index contributed by atoms with van der Waals surface area (Å²) in [6, 6.07) is 7.51. The maximum atomic E-state index is 9.67. The smallest absolute Gasteiger partial charge is 0.161 e. The first-order valence-corrected chi connectivity index (χ1v) is 7.11. The van der Waals surface area contributed by atoms with Gasteiger partial charge in [0.05, 0.1) is 26.4 Å². The Kier molecular flexibility index (Phi) is 9.28. The van der Waals surface area contributed by atoms with Crippen LogP contribution in [0.5, 0.6) is 11.5 Å². The number of methoxy groups -OCH3 is 1. The van der Waals surface area contributed by atoms with Crippen molar-refractivity contribution < 1.29 is 19.3 Å². The highest BCUT2D eigenvalue weighted by molar-refractivity contribution is 5.39. The predicted molar refractivity (Wildman–Crippen MR) is 83.0 cm³/mol. The molecule has 0 radical (unpaired) electrons. The van der Waals surface area contributed by atoms with E-state index in [0.29, 0.717) is 38.7 Å². The van der Waals surface area contributed by atoms with Crippen molar-refractivity contribution in [1.29, 1.82) is 0 Å². The number of hydrogen-bond acceptors (Lipinski definition) is 5. The Labute approximate surface area is 126 Å². The zero-order chi connectivity index (χ0) is 15.3. The predicted octanol–water partition coefficient (Wildman–Crippen LogP) is 1.62. The number of rotatable bonds is 12. The van der Waals surface area contributed by atoms with Crippen molar-refractivity contribution in [2.24, 2.45) is 0 Å². The van der Waals surface area contributed by atoms with E-state index in [4.69, 9.17) is 14.2 Å². The number of nitrogens with one attached hydrogen (secondary N) is 1. The summed E-state index contributed by atoms with van der Waals surface area (Å²) in [7, 11) is 1.61. The monoisotopic (exact) mass is 295 g/mol. The molecule has 1 atom stereocenters. The maximum Gasteiger partial charge on any atom is 0.161 e. The van der Waals surface area contributed by atoms with Gasteiger partial charge in [-0.3, -0.25) is 0 Å². The molecule has 0 amide bonds. The summed E-state index contributed by atoms with van der Waals surface area (Å²) in [4.78, 5) is 0. The summed E-state index contributed by atoms with van der Waals surface area (Å²) >= 11 is 0. The molecule has 118 valence electrons. The first-order chi connectivity index (χ1) is 10.3. The van der Waals surface area contributed by atoms with E-state index in [2.05, 4.69) is 11.9 Å². The second-order valence-electron chi connectivity index (χ2n) is 4.51. The van der Waals surface area contributed by atoms with Crippen LogP contribution in [0.2, 0.25) is 0 Å². The summed E-state index contributed by atoms with van der Waals surface area (Å²) in [5.74, 6) is 1.43. The summed E-state index contributed by atoms with van der Waals surface area (Å²) in [6.07, 6.45) is 2.08. The SMILES string of the molecule is C=CCCOC[C@@H](O)CNCCOc1ccccc1OC. The minimum absolute atomic E-state index is 0.328. The zero-order valence-electron chi connectivity index (χ0n) is 12.6. The molecule has 0 saturated carbocycles. The molecule has 0 fully saturated rings. The largest absolute Gasteiger partial charge is 0.493 e. The van der Waals surface area contributed by atoms with Gasteiger partial charge in [0.25, 0.3) is 0 Å². The van der Waals surface area contributed by atoms with Gasteiger partial charge in [-0.05, 0) is 18.6 Å². The van der Waals surface area contributed by atoms with E-state index in [1.165, 1.54) is 0 Å². The Bertz CT molecular complexity index is 398. The van der Waals surface area contributed by atoms with Crippen molar-refractivity contribution in [3.63, 3.8) is 0 Å². The molecular formula is C16H25NO4. The Hall–Kier alpha value is -1.56. The highest BCUT2D eigenvalue weighted by atomic mass is 16.5. The molecule has 0 heterocycles. The average molecular weight is 295 g/mol. The number of aliphatic hydroxyl groups is 1. The van der Waals surface area contributed by atoms with Crippen LogP contribution in [0.4, 0.5) is 0 Å². The molecule has 1 aromatic rings. The second kappa shape index (κ2) is 11.1. The van der Waals surface area contributed by atoms with Gasteiger partial charge in [0.2, 0.25) is 0 Å². The van der Waals surface area contributed by atoms with Crippen LogP contribution in [0.1, 0.15) is 6.42 Å². The minimum Gasteiger partial charge on any atom is -0.493 e. The van der Waals surface area contributed by atoms with Gasteiger partial charge in [0.15, 0.2) is 11.5 Å². The number of hydrogen-bond donors (Lipinski definition) is 2. The van der Waals surface area contributed by atoms with Gasteiger partial charge in [0, 0.05) is 13.1 Å². The first kappa shape index (κ1) is 17.5. The molecule has 0 unspecified atom stereocenters. The topological polar surface area (TPSA) is 60.0 Å². The fourth-order valence-corrected chi connectivity index (χ4v) is 1.68. The van der Waals surface area contributed by atoms with Crippen LogP contribution in [0.15, 0.2) is 36.9 Å². The summed E-state index contributed by atoms with van der Waals surface area (Å²) in [5, 5.41) is 12.8. The molecule has 1 aromatic carbocycles. The summed E-state index contributed by atoms with van der Waals surface area (Å²) < 4.78 is 16.1. The van der Waals surface area contributed by atoms with Gasteiger partial charge in [-0.15, -0.1) is 6.58 Å². The van der Waals surface area contributed by atoms with Gasteiger partial charge >= 0.3 is 0 Å². The Balaban J connectivity index is 2.07. The fraction of sp³-hybridized carbons (Fsp3) is 0.500. The lowest BCUT2D eigenvalue weighted by atomic mass is 10.3. The molecule has 5 heteroatoms. The molecule has 0 spiro atoms. The summed E-state index contributed by atoms with van der Waals surface area (Å²) in [6.45, 7) is 6.15. The lowest BCUT2D eigenvalue weighted by Gasteiger charge is -2.13. The molecular weight excluding hydrogens is 270 g/mol. The van der Waals surface area contributed by atoms with E-state index in [1.54, 1.807) is 13.2 Å². The van der Waals surface area contributed by atoms with Gasteiger partial charge in [-0.25, -0.2) is 0 Å². The van der Waals surface area contributed by atoms with E-state index in [0.717, 1.165) is 12.2 Å². The van der Waals surface area contributed by atoms with Crippen molar-refractivity contribution in [2.75, 3.05) is 40.0 Å². The van der Waals surface area contributed by atoms with Crippen LogP contribution < -0.4 is 14.8 Å². The van der Waals surface area contributed by atoms with Crippen LogP contribution >= 0.6 is 0 Å². The standard InChI is InChI=1S/C16H25NO4/c1-3-4-10-20-13-14(18)12-17-9-11-21-16-8-6-5-7-15(16)19-2/h3,5-8,14,17-18H,1,4,9-13H2,2H3/t14-/m0/s1. The van der Waals surface area contributed by atoms with Crippen molar-refractivity contribution in [3.05, 3.63) is 36.9 Å². The van der Waals surface area contributed by atoms with Crippen LogP contribution in [-0.2, 0) is 4.74 Å². The molecule has 21 heavy (non-hydrogen) atoms. The van der Waals surface area contributed by atoms with Crippen molar-refractivity contribution >= 4 is 0 Å². The van der Waals surface area contributed by atoms with Crippen LogP contribution in [0, 0.1) is 0 Å². The van der Waals surface area contributed by atoms with Gasteiger partial charge in [-0.1, -0.05) is 18.2 Å². The average Bonchev–Trinajstić information content (AvgIpc) is 2.51.